The third-order valence-electron chi connectivity index (χ3n) is 4.99. The largest absolute Gasteiger partial charge is 0.454 e. The van der Waals surface area contributed by atoms with Crippen LogP contribution in [0.25, 0.3) is 11.1 Å². The summed E-state index contributed by atoms with van der Waals surface area (Å²) in [5, 5.41) is 5.28. The Labute approximate surface area is 174 Å². The highest BCUT2D eigenvalue weighted by atomic mass is 16.5. The van der Waals surface area contributed by atoms with Crippen molar-refractivity contribution in [1.29, 1.82) is 0 Å². The van der Waals surface area contributed by atoms with E-state index in [9.17, 15) is 19.2 Å². The lowest BCUT2D eigenvalue weighted by atomic mass is 9.99. The number of nitrogens with one attached hydrogen (secondary N) is 2. The van der Waals surface area contributed by atoms with Crippen molar-refractivity contribution in [3.63, 3.8) is 0 Å². The van der Waals surface area contributed by atoms with Gasteiger partial charge in [0.1, 0.15) is 12.1 Å². The molecule has 1 aliphatic heterocycles. The van der Waals surface area contributed by atoms with Crippen molar-refractivity contribution in [2.45, 2.75) is 25.8 Å². The average Bonchev–Trinajstić information content (AvgIpc) is 2.97. The van der Waals surface area contributed by atoms with E-state index in [1.54, 1.807) is 26.0 Å². The SMILES string of the molecule is CC[C@]1(C)NC(=O)N(CC(=O)OCC(=O)Nc2ccccc2-c2ccccc2)C1=O. The van der Waals surface area contributed by atoms with Crippen molar-refractivity contribution in [3.05, 3.63) is 54.6 Å². The molecule has 2 N–H and O–H groups in total. The lowest BCUT2D eigenvalue weighted by Crippen LogP contribution is -2.43. The van der Waals surface area contributed by atoms with Crippen LogP contribution < -0.4 is 10.6 Å². The highest BCUT2D eigenvalue weighted by Crippen LogP contribution is 2.27. The standard InChI is InChI=1S/C22H23N3O5/c1-3-22(2)20(28)25(21(29)24-22)13-19(27)30-14-18(26)23-17-12-8-7-11-16(17)15-9-5-4-6-10-15/h4-12H,3,13-14H2,1-2H3,(H,23,26)(H,24,29)/t22-/m0/s1. The van der Waals surface area contributed by atoms with E-state index in [1.807, 2.05) is 42.5 Å². The number of urea groups is 1. The number of benzene rings is 2. The fourth-order valence-corrected chi connectivity index (χ4v) is 3.10. The molecule has 1 heterocycles. The van der Waals surface area contributed by atoms with Crippen LogP contribution in [0.3, 0.4) is 0 Å². The van der Waals surface area contributed by atoms with Gasteiger partial charge in [-0.05, 0) is 25.0 Å². The Morgan fingerprint density at radius 1 is 1.07 bits per heavy atom. The zero-order chi connectivity index (χ0) is 21.7. The molecule has 0 unspecified atom stereocenters. The van der Waals surface area contributed by atoms with Crippen LogP contribution in [-0.4, -0.2) is 47.4 Å². The molecular formula is C22H23N3O5. The molecule has 2 aromatic carbocycles. The maximum atomic E-state index is 12.3. The molecule has 8 heteroatoms. The van der Waals surface area contributed by atoms with Gasteiger partial charge >= 0.3 is 12.0 Å². The number of carbonyl (C=O) groups is 4. The number of esters is 1. The fraction of sp³-hybridized carbons (Fsp3) is 0.273. The van der Waals surface area contributed by atoms with E-state index in [2.05, 4.69) is 10.6 Å². The van der Waals surface area contributed by atoms with Crippen molar-refractivity contribution in [2.75, 3.05) is 18.5 Å². The topological polar surface area (TPSA) is 105 Å². The summed E-state index contributed by atoms with van der Waals surface area (Å²) in [4.78, 5) is 49.4. The van der Waals surface area contributed by atoms with E-state index < -0.39 is 42.5 Å². The minimum absolute atomic E-state index is 0.395. The molecule has 30 heavy (non-hydrogen) atoms. The van der Waals surface area contributed by atoms with Gasteiger partial charge in [-0.15, -0.1) is 0 Å². The molecule has 0 bridgehead atoms. The highest BCUT2D eigenvalue weighted by Gasteiger charge is 2.47. The van der Waals surface area contributed by atoms with Gasteiger partial charge < -0.3 is 15.4 Å². The molecule has 156 valence electrons. The molecule has 0 aliphatic carbocycles. The molecule has 0 radical (unpaired) electrons. The molecule has 2 aromatic rings. The van der Waals surface area contributed by atoms with Crippen molar-refractivity contribution in [1.82, 2.24) is 10.2 Å². The maximum absolute atomic E-state index is 12.3. The number of hydrogen-bond donors (Lipinski definition) is 2. The Morgan fingerprint density at radius 3 is 2.40 bits per heavy atom. The molecule has 3 rings (SSSR count). The molecule has 1 aliphatic rings. The van der Waals surface area contributed by atoms with Gasteiger partial charge in [0, 0.05) is 11.3 Å². The van der Waals surface area contributed by atoms with Crippen molar-refractivity contribution in [2.24, 2.45) is 0 Å². The zero-order valence-corrected chi connectivity index (χ0v) is 16.8. The number of ether oxygens (including phenoxy) is 1. The number of anilines is 1. The van der Waals surface area contributed by atoms with E-state index >= 15 is 0 Å². The summed E-state index contributed by atoms with van der Waals surface area (Å²) in [6.07, 6.45) is 0.395. The van der Waals surface area contributed by atoms with Gasteiger partial charge in [-0.1, -0.05) is 55.5 Å². The third-order valence-corrected chi connectivity index (χ3v) is 4.99. The summed E-state index contributed by atoms with van der Waals surface area (Å²) in [5.41, 5.74) is 1.31. The van der Waals surface area contributed by atoms with E-state index in [1.165, 1.54) is 0 Å². The molecule has 1 saturated heterocycles. The average molecular weight is 409 g/mol. The van der Waals surface area contributed by atoms with Gasteiger partial charge in [0.15, 0.2) is 6.61 Å². The Hall–Kier alpha value is -3.68. The molecular weight excluding hydrogens is 386 g/mol. The van der Waals surface area contributed by atoms with Crippen LogP contribution in [-0.2, 0) is 19.1 Å². The van der Waals surface area contributed by atoms with E-state index in [4.69, 9.17) is 4.74 Å². The lowest BCUT2D eigenvalue weighted by molar-refractivity contribution is -0.150. The van der Waals surface area contributed by atoms with Crippen LogP contribution in [0.4, 0.5) is 10.5 Å². The molecule has 1 fully saturated rings. The van der Waals surface area contributed by atoms with Crippen LogP contribution in [0.5, 0.6) is 0 Å². The van der Waals surface area contributed by atoms with Crippen molar-refractivity contribution < 1.29 is 23.9 Å². The molecule has 0 saturated carbocycles. The number of para-hydroxylation sites is 1. The number of imide groups is 1. The van der Waals surface area contributed by atoms with Gasteiger partial charge in [-0.2, -0.15) is 0 Å². The van der Waals surface area contributed by atoms with E-state index in [0.717, 1.165) is 16.0 Å². The van der Waals surface area contributed by atoms with Gasteiger partial charge in [-0.3, -0.25) is 19.3 Å². The number of nitrogens with zero attached hydrogens (tertiary/aromatic N) is 1. The lowest BCUT2D eigenvalue weighted by Gasteiger charge is -2.18. The van der Waals surface area contributed by atoms with Crippen LogP contribution in [0.2, 0.25) is 0 Å². The first-order chi connectivity index (χ1) is 14.3. The maximum Gasteiger partial charge on any atom is 0.326 e. The third kappa shape index (κ3) is 4.48. The highest BCUT2D eigenvalue weighted by molar-refractivity contribution is 6.08. The Bertz CT molecular complexity index is 976. The van der Waals surface area contributed by atoms with Gasteiger partial charge in [0.05, 0.1) is 0 Å². The van der Waals surface area contributed by atoms with Crippen LogP contribution in [0.1, 0.15) is 20.3 Å². The number of rotatable bonds is 7. The summed E-state index contributed by atoms with van der Waals surface area (Å²) in [6, 6.07) is 16.2. The Kier molecular flexibility index (Phi) is 6.15. The molecule has 0 aromatic heterocycles. The van der Waals surface area contributed by atoms with E-state index in [-0.39, 0.29) is 0 Å². The number of amides is 4. The Morgan fingerprint density at radius 2 is 1.73 bits per heavy atom. The van der Waals surface area contributed by atoms with Crippen LogP contribution in [0.15, 0.2) is 54.6 Å². The second kappa shape index (κ2) is 8.77. The monoisotopic (exact) mass is 409 g/mol. The normalized spacial score (nSPS) is 18.1. The number of hydrogen-bond acceptors (Lipinski definition) is 5. The predicted molar refractivity (Wildman–Crippen MR) is 110 cm³/mol. The predicted octanol–water partition coefficient (Wildman–Crippen LogP) is 2.56. The molecule has 8 nitrogen and oxygen atoms in total. The van der Waals surface area contributed by atoms with Crippen LogP contribution >= 0.6 is 0 Å². The van der Waals surface area contributed by atoms with Crippen molar-refractivity contribution in [3.8, 4) is 11.1 Å². The van der Waals surface area contributed by atoms with Gasteiger partial charge in [-0.25, -0.2) is 4.79 Å². The summed E-state index contributed by atoms with van der Waals surface area (Å²) >= 11 is 0. The molecule has 0 spiro atoms. The quantitative estimate of drug-likeness (QED) is 0.540. The summed E-state index contributed by atoms with van der Waals surface area (Å²) in [5.74, 6) is -1.86. The van der Waals surface area contributed by atoms with Crippen molar-refractivity contribution >= 4 is 29.5 Å². The summed E-state index contributed by atoms with van der Waals surface area (Å²) < 4.78 is 4.96. The van der Waals surface area contributed by atoms with Gasteiger partial charge in [0.2, 0.25) is 0 Å². The second-order valence-electron chi connectivity index (χ2n) is 7.13. The fourth-order valence-electron chi connectivity index (χ4n) is 3.10. The smallest absolute Gasteiger partial charge is 0.326 e. The Balaban J connectivity index is 1.57. The minimum atomic E-state index is -1.03. The first-order valence-corrected chi connectivity index (χ1v) is 9.58. The van der Waals surface area contributed by atoms with Gasteiger partial charge in [0.25, 0.3) is 11.8 Å². The van der Waals surface area contributed by atoms with Crippen LogP contribution in [0, 0.1) is 0 Å². The van der Waals surface area contributed by atoms with E-state index in [0.29, 0.717) is 12.1 Å². The summed E-state index contributed by atoms with van der Waals surface area (Å²) in [7, 11) is 0. The second-order valence-corrected chi connectivity index (χ2v) is 7.13. The molecule has 1 atom stereocenters. The number of carbonyl (C=O) groups excluding carboxylic acids is 4. The first-order valence-electron chi connectivity index (χ1n) is 9.58. The first kappa shape index (κ1) is 21.0. The molecule has 4 amide bonds. The minimum Gasteiger partial charge on any atom is -0.454 e. The summed E-state index contributed by atoms with van der Waals surface area (Å²) in [6.45, 7) is 2.28. The zero-order valence-electron chi connectivity index (χ0n) is 16.8.